The van der Waals surface area contributed by atoms with Crippen molar-refractivity contribution in [2.45, 2.75) is 82.3 Å². The number of alkyl carbamates (subject to hydrolysis) is 2. The van der Waals surface area contributed by atoms with Crippen molar-refractivity contribution in [3.8, 4) is 33.6 Å². The number of carbonyl (C=O) groups is 5. The number of hydrogen-bond donors (Lipinski definition) is 5. The van der Waals surface area contributed by atoms with Gasteiger partial charge in [-0.3, -0.25) is 14.4 Å². The Morgan fingerprint density at radius 3 is 1.65 bits per heavy atom. The van der Waals surface area contributed by atoms with Gasteiger partial charge in [-0.2, -0.15) is 0 Å². The zero-order chi connectivity index (χ0) is 43.1. The van der Waals surface area contributed by atoms with E-state index < -0.39 is 48.5 Å². The third-order valence-electron chi connectivity index (χ3n) is 11.2. The highest BCUT2D eigenvalue weighted by Crippen LogP contribution is 2.36. The highest BCUT2D eigenvalue weighted by molar-refractivity contribution is 5.88. The summed E-state index contributed by atoms with van der Waals surface area (Å²) in [5, 5.41) is 14.9. The number of H-pyrrole nitrogens is 2. The number of carbonyl (C=O) groups excluding carboxylic acids is 4. The molecule has 4 heterocycles. The van der Waals surface area contributed by atoms with E-state index >= 15 is 0 Å². The van der Waals surface area contributed by atoms with Crippen molar-refractivity contribution in [2.24, 2.45) is 0 Å². The second-order valence-corrected chi connectivity index (χ2v) is 14.8. The third-order valence-corrected chi connectivity index (χ3v) is 11.2. The Morgan fingerprint density at radius 2 is 1.18 bits per heavy atom. The normalized spacial score (nSPS) is 18.4. The van der Waals surface area contributed by atoms with Crippen LogP contribution in [0.15, 0.2) is 54.7 Å². The van der Waals surface area contributed by atoms with E-state index in [0.717, 1.165) is 23.1 Å². The lowest BCUT2D eigenvalue weighted by molar-refractivity contribution is -0.138. The summed E-state index contributed by atoms with van der Waals surface area (Å²) in [6.07, 6.45) is 1.58. The van der Waals surface area contributed by atoms with E-state index in [0.29, 0.717) is 66.6 Å². The zero-order valence-electron chi connectivity index (χ0n) is 34.5. The fourth-order valence-corrected chi connectivity index (χ4v) is 7.81. The van der Waals surface area contributed by atoms with Crippen molar-refractivity contribution in [1.29, 1.82) is 0 Å². The lowest BCUT2D eigenvalue weighted by Gasteiger charge is -2.30. The molecule has 4 amide bonds. The molecule has 0 aliphatic carbocycles. The van der Waals surface area contributed by atoms with Crippen LogP contribution in [0.1, 0.15) is 69.0 Å². The molecule has 0 saturated carbocycles. The van der Waals surface area contributed by atoms with Gasteiger partial charge in [-0.25, -0.2) is 19.6 Å². The van der Waals surface area contributed by atoms with Crippen LogP contribution in [0.2, 0.25) is 0 Å². The van der Waals surface area contributed by atoms with Crippen LogP contribution < -0.4 is 10.6 Å². The maximum absolute atomic E-state index is 13.8. The second-order valence-electron chi connectivity index (χ2n) is 14.8. The highest BCUT2D eigenvalue weighted by Gasteiger charge is 2.40. The van der Waals surface area contributed by atoms with E-state index in [1.807, 2.05) is 54.7 Å². The summed E-state index contributed by atoms with van der Waals surface area (Å²) in [6, 6.07) is 12.9. The van der Waals surface area contributed by atoms with Crippen molar-refractivity contribution in [1.82, 2.24) is 40.4 Å². The van der Waals surface area contributed by atoms with Crippen LogP contribution in [0.3, 0.4) is 0 Å². The quantitative estimate of drug-likeness (QED) is 0.111. The number of hydrogen-bond acceptors (Lipinski definition) is 11. The Morgan fingerprint density at radius 1 is 0.717 bits per heavy atom. The van der Waals surface area contributed by atoms with Crippen LogP contribution >= 0.6 is 0 Å². The van der Waals surface area contributed by atoms with Crippen LogP contribution in [-0.2, 0) is 39.8 Å². The molecule has 320 valence electrons. The third kappa shape index (κ3) is 9.44. The number of likely N-dealkylation sites (tertiary alicyclic amines) is 2. The topological polar surface area (TPSA) is 230 Å². The SMILES string of the molecule is COC(=O)N[C@H](C(=O)N1CCC[C@H]1c1nc(-c2ccc(-c3ccc(-c4nc([C@@H]5CCCN5C(=O)[C@@H](NC(=O)OC)[C@@H](C)OC)[nH]c4CC(=O)O)cc3)cc2)c[nH]1)[C@@H](C)OC. The molecule has 0 radical (unpaired) electrons. The van der Waals surface area contributed by atoms with Crippen LogP contribution in [0.25, 0.3) is 33.6 Å². The van der Waals surface area contributed by atoms with Crippen LogP contribution in [0, 0.1) is 0 Å². The molecule has 2 aliphatic heterocycles. The summed E-state index contributed by atoms with van der Waals surface area (Å²) in [5.41, 5.74) is 5.05. The Hall–Kier alpha value is -6.27. The summed E-state index contributed by atoms with van der Waals surface area (Å²) < 4.78 is 20.3. The first-order chi connectivity index (χ1) is 28.9. The number of imidazole rings is 2. The van der Waals surface area contributed by atoms with Gasteiger partial charge in [0.2, 0.25) is 11.8 Å². The first kappa shape index (κ1) is 43.3. The van der Waals surface area contributed by atoms with Gasteiger partial charge >= 0.3 is 18.2 Å². The van der Waals surface area contributed by atoms with Crippen LogP contribution in [-0.4, -0.2) is 131 Å². The number of carboxylic acid groups (broad SMARTS) is 1. The average Bonchev–Trinajstić information content (AvgIpc) is 4.10. The van der Waals surface area contributed by atoms with Crippen LogP contribution in [0.5, 0.6) is 0 Å². The minimum absolute atomic E-state index is 0.277. The van der Waals surface area contributed by atoms with Gasteiger partial charge in [0.25, 0.3) is 0 Å². The second kappa shape index (κ2) is 19.2. The Labute approximate surface area is 347 Å². The van der Waals surface area contributed by atoms with E-state index in [1.54, 1.807) is 23.6 Å². The molecule has 4 aromatic rings. The van der Waals surface area contributed by atoms with Gasteiger partial charge in [0.15, 0.2) is 0 Å². The molecule has 60 heavy (non-hydrogen) atoms. The van der Waals surface area contributed by atoms with E-state index in [4.69, 9.17) is 28.9 Å². The lowest BCUT2D eigenvalue weighted by atomic mass is 10.0. The van der Waals surface area contributed by atoms with E-state index in [9.17, 15) is 29.1 Å². The number of rotatable bonds is 15. The number of ether oxygens (including phenoxy) is 4. The fourth-order valence-electron chi connectivity index (χ4n) is 7.81. The highest BCUT2D eigenvalue weighted by atomic mass is 16.5. The number of carboxylic acids is 1. The predicted molar refractivity (Wildman–Crippen MR) is 217 cm³/mol. The van der Waals surface area contributed by atoms with Gasteiger partial charge in [0.1, 0.15) is 23.7 Å². The molecule has 5 N–H and O–H groups in total. The van der Waals surface area contributed by atoms with Crippen molar-refractivity contribution in [3.05, 3.63) is 72.1 Å². The van der Waals surface area contributed by atoms with Gasteiger partial charge in [-0.1, -0.05) is 48.5 Å². The zero-order valence-corrected chi connectivity index (χ0v) is 34.5. The number of nitrogens with zero attached hydrogens (tertiary/aromatic N) is 4. The Bertz CT molecular complexity index is 2150. The monoisotopic (exact) mass is 828 g/mol. The Kier molecular flexibility index (Phi) is 13.9. The average molecular weight is 829 g/mol. The van der Waals surface area contributed by atoms with E-state index in [1.165, 1.54) is 28.4 Å². The molecular weight excluding hydrogens is 777 g/mol. The molecule has 18 nitrogen and oxygen atoms in total. The number of amides is 4. The molecule has 2 aromatic heterocycles. The minimum Gasteiger partial charge on any atom is -0.481 e. The fraction of sp³-hybridized carbons (Fsp3) is 0.452. The lowest BCUT2D eigenvalue weighted by Crippen LogP contribution is -2.54. The maximum Gasteiger partial charge on any atom is 0.407 e. The molecule has 2 fully saturated rings. The van der Waals surface area contributed by atoms with Gasteiger partial charge in [-0.15, -0.1) is 0 Å². The molecule has 2 saturated heterocycles. The molecule has 0 bridgehead atoms. The maximum atomic E-state index is 13.8. The summed E-state index contributed by atoms with van der Waals surface area (Å²) >= 11 is 0. The van der Waals surface area contributed by atoms with Gasteiger partial charge in [0.05, 0.1) is 62.0 Å². The van der Waals surface area contributed by atoms with Gasteiger partial charge in [-0.05, 0) is 50.7 Å². The molecule has 6 atom stereocenters. The van der Waals surface area contributed by atoms with E-state index in [-0.39, 0.29) is 24.3 Å². The molecular formula is C42H52N8O10. The summed E-state index contributed by atoms with van der Waals surface area (Å²) in [4.78, 5) is 83.0. The Balaban J connectivity index is 1.17. The molecule has 0 spiro atoms. The number of aromatic nitrogens is 4. The summed E-state index contributed by atoms with van der Waals surface area (Å²) in [6.45, 7) is 4.33. The van der Waals surface area contributed by atoms with Gasteiger partial charge < -0.3 is 54.5 Å². The minimum atomic E-state index is -1.03. The number of aliphatic carboxylic acids is 1. The van der Waals surface area contributed by atoms with Gasteiger partial charge in [0, 0.05) is 44.6 Å². The number of aromatic amines is 2. The predicted octanol–water partition coefficient (Wildman–Crippen LogP) is 4.61. The van der Waals surface area contributed by atoms with Crippen molar-refractivity contribution in [2.75, 3.05) is 41.5 Å². The number of benzene rings is 2. The summed E-state index contributed by atoms with van der Waals surface area (Å²) in [7, 11) is 5.39. The molecule has 2 aliphatic rings. The molecule has 18 heteroatoms. The smallest absolute Gasteiger partial charge is 0.407 e. The standard InChI is InChI=1S/C42H52N8O10/c1-23(57-3)34(47-41(55)59-5)39(53)49-19-7-9-31(49)37-43-22-30(45-37)27-15-11-25(12-16-27)26-13-17-28(18-14-26)36-29(21-33(51)52)44-38(46-36)32-10-8-20-50(32)40(54)35(24(2)58-4)48-42(56)60-6/h11-18,22-24,31-32,34-35H,7-10,19-21H2,1-6H3,(H,43,45)(H,44,46)(H,47,55)(H,48,56)(H,51,52)/t23-,24-,31+,32+,34+,35+/m1/s1. The molecule has 6 rings (SSSR count). The van der Waals surface area contributed by atoms with Crippen molar-refractivity contribution in [3.63, 3.8) is 0 Å². The first-order valence-corrected chi connectivity index (χ1v) is 19.8. The number of methoxy groups -OCH3 is 4. The number of nitrogens with one attached hydrogen (secondary N) is 4. The van der Waals surface area contributed by atoms with Crippen molar-refractivity contribution >= 4 is 30.0 Å². The largest absolute Gasteiger partial charge is 0.481 e. The van der Waals surface area contributed by atoms with Crippen LogP contribution in [0.4, 0.5) is 9.59 Å². The van der Waals surface area contributed by atoms with Crippen molar-refractivity contribution < 1.29 is 48.0 Å². The molecule has 2 aromatic carbocycles. The first-order valence-electron chi connectivity index (χ1n) is 19.8. The summed E-state index contributed by atoms with van der Waals surface area (Å²) in [5.74, 6) is -0.559. The molecule has 0 unspecified atom stereocenters. The van der Waals surface area contributed by atoms with E-state index in [2.05, 4.69) is 20.6 Å².